The second-order valence-corrected chi connectivity index (χ2v) is 11.7. The van der Waals surface area contributed by atoms with Crippen molar-refractivity contribution in [1.29, 1.82) is 0 Å². The largest absolute Gasteiger partial charge is 0.480 e. The van der Waals surface area contributed by atoms with E-state index in [-0.39, 0.29) is 23.8 Å². The number of rotatable bonds is 6. The maximum absolute atomic E-state index is 13.5. The van der Waals surface area contributed by atoms with Gasteiger partial charge in [-0.25, -0.2) is 9.59 Å². The minimum absolute atomic E-state index is 0.245. The van der Waals surface area contributed by atoms with Gasteiger partial charge in [0.15, 0.2) is 0 Å². The number of aromatic nitrogens is 1. The molecule has 8 heteroatoms. The molecule has 2 heterocycles. The first kappa shape index (κ1) is 25.6. The van der Waals surface area contributed by atoms with Crippen LogP contribution in [0, 0.1) is 17.8 Å². The molecular formula is C27H41N3O5. The lowest BCUT2D eigenvalue weighted by Crippen LogP contribution is -2.41. The van der Waals surface area contributed by atoms with E-state index in [4.69, 9.17) is 4.74 Å². The Morgan fingerprint density at radius 3 is 2.31 bits per heavy atom. The van der Waals surface area contributed by atoms with Crippen LogP contribution in [0.4, 0.5) is 4.79 Å². The number of alkyl carbamates (subject to hydrolysis) is 1. The van der Waals surface area contributed by atoms with Gasteiger partial charge in [-0.05, 0) is 69.9 Å². The third-order valence-corrected chi connectivity index (χ3v) is 8.01. The van der Waals surface area contributed by atoms with Crippen LogP contribution in [0.2, 0.25) is 0 Å². The number of hydrogen-bond acceptors (Lipinski definition) is 4. The summed E-state index contributed by atoms with van der Waals surface area (Å²) >= 11 is 0. The topological polar surface area (TPSA) is 112 Å². The van der Waals surface area contributed by atoms with Crippen LogP contribution in [0.25, 0.3) is 0 Å². The molecule has 0 spiro atoms. The molecule has 2 amide bonds. The summed E-state index contributed by atoms with van der Waals surface area (Å²) in [5.41, 5.74) is 0.544. The highest BCUT2D eigenvalue weighted by Gasteiger charge is 2.43. The molecule has 2 saturated carbocycles. The number of aromatic amines is 1. The van der Waals surface area contributed by atoms with Crippen LogP contribution in [0.15, 0.2) is 12.1 Å². The summed E-state index contributed by atoms with van der Waals surface area (Å²) in [6.07, 6.45) is 10.2. The van der Waals surface area contributed by atoms with Gasteiger partial charge in [0.05, 0.1) is 6.04 Å². The highest BCUT2D eigenvalue weighted by atomic mass is 16.6. The van der Waals surface area contributed by atoms with Crippen molar-refractivity contribution >= 4 is 18.0 Å². The zero-order valence-corrected chi connectivity index (χ0v) is 21.3. The van der Waals surface area contributed by atoms with Crippen LogP contribution in [-0.4, -0.2) is 51.1 Å². The van der Waals surface area contributed by atoms with Crippen molar-refractivity contribution < 1.29 is 24.2 Å². The average molecular weight is 488 g/mol. The Bertz CT molecular complexity index is 908. The Kier molecular flexibility index (Phi) is 7.77. The van der Waals surface area contributed by atoms with Crippen LogP contribution >= 0.6 is 0 Å². The summed E-state index contributed by atoms with van der Waals surface area (Å²) in [5.74, 6) is -0.191. The number of ether oxygens (including phenoxy) is 1. The molecule has 1 saturated heterocycles. The smallest absolute Gasteiger partial charge is 0.408 e. The van der Waals surface area contributed by atoms with Crippen molar-refractivity contribution in [3.05, 3.63) is 23.5 Å². The summed E-state index contributed by atoms with van der Waals surface area (Å²) in [7, 11) is 0. The molecule has 0 aromatic carbocycles. The molecule has 1 aromatic rings. The standard InChI is InChI=1S/C27H41N3O5/c1-27(2,3)35-26(34)29-23(18-11-7-8-12-18)20-13-14-21(28-20)24(31)30-16-19(15-22(30)25(32)33)17-9-5-4-6-10-17/h13-14,17-19,22-23,28H,4-12,15-16H2,1-3H3,(H,29,34)(H,32,33)/t19?,22?,23-/m0/s1. The fraction of sp³-hybridized carbons (Fsp3) is 0.741. The van der Waals surface area contributed by atoms with Gasteiger partial charge in [0.1, 0.15) is 17.3 Å². The Morgan fingerprint density at radius 2 is 1.69 bits per heavy atom. The number of amides is 2. The molecule has 4 rings (SSSR count). The molecule has 3 fully saturated rings. The third kappa shape index (κ3) is 6.19. The summed E-state index contributed by atoms with van der Waals surface area (Å²) in [6, 6.07) is 2.51. The summed E-state index contributed by atoms with van der Waals surface area (Å²) in [4.78, 5) is 42.9. The number of carboxylic acid groups (broad SMARTS) is 1. The molecule has 2 unspecified atom stereocenters. The highest BCUT2D eigenvalue weighted by molar-refractivity contribution is 5.95. The Labute approximate surface area is 208 Å². The van der Waals surface area contributed by atoms with Gasteiger partial charge < -0.3 is 25.0 Å². The van der Waals surface area contributed by atoms with E-state index in [2.05, 4.69) is 10.3 Å². The molecule has 3 atom stereocenters. The SMILES string of the molecule is CC(C)(C)OC(=O)N[C@H](c1ccc(C(=O)N2CC(C3CCCCC3)CC2C(=O)O)[nH]1)C1CCCC1. The highest BCUT2D eigenvalue weighted by Crippen LogP contribution is 2.39. The molecule has 3 aliphatic rings. The molecule has 8 nitrogen and oxygen atoms in total. The van der Waals surface area contributed by atoms with Crippen molar-refractivity contribution in [2.45, 2.75) is 103 Å². The lowest BCUT2D eigenvalue weighted by Gasteiger charge is -2.27. The van der Waals surface area contributed by atoms with Crippen LogP contribution in [-0.2, 0) is 9.53 Å². The molecule has 194 valence electrons. The normalized spacial score (nSPS) is 24.9. The minimum atomic E-state index is -0.932. The lowest BCUT2D eigenvalue weighted by atomic mass is 9.79. The monoisotopic (exact) mass is 487 g/mol. The summed E-state index contributed by atoms with van der Waals surface area (Å²) in [6.45, 7) is 5.99. The molecule has 1 aromatic heterocycles. The molecule has 1 aliphatic heterocycles. The van der Waals surface area contributed by atoms with Crippen LogP contribution in [0.3, 0.4) is 0 Å². The Balaban J connectivity index is 1.50. The molecule has 0 bridgehead atoms. The molecular weight excluding hydrogens is 446 g/mol. The zero-order chi connectivity index (χ0) is 25.2. The van der Waals surface area contributed by atoms with Crippen molar-refractivity contribution in [2.75, 3.05) is 6.54 Å². The van der Waals surface area contributed by atoms with Crippen molar-refractivity contribution in [3.8, 4) is 0 Å². The van der Waals surface area contributed by atoms with E-state index in [9.17, 15) is 19.5 Å². The third-order valence-electron chi connectivity index (χ3n) is 8.01. The predicted octanol–water partition coefficient (Wildman–Crippen LogP) is 5.27. The number of carbonyl (C=O) groups excluding carboxylic acids is 2. The van der Waals surface area contributed by atoms with E-state index in [0.717, 1.165) is 44.2 Å². The first-order valence-corrected chi connectivity index (χ1v) is 13.3. The Hall–Kier alpha value is -2.51. The summed E-state index contributed by atoms with van der Waals surface area (Å²) in [5, 5.41) is 12.9. The van der Waals surface area contributed by atoms with Gasteiger partial charge in [0.2, 0.25) is 0 Å². The van der Waals surface area contributed by atoms with E-state index < -0.39 is 23.7 Å². The van der Waals surface area contributed by atoms with Gasteiger partial charge >= 0.3 is 12.1 Å². The number of nitrogens with one attached hydrogen (secondary N) is 2. The van der Waals surface area contributed by atoms with Gasteiger partial charge in [-0.3, -0.25) is 4.79 Å². The molecule has 3 N–H and O–H groups in total. The zero-order valence-electron chi connectivity index (χ0n) is 21.3. The molecule has 2 aliphatic carbocycles. The Morgan fingerprint density at radius 1 is 1.03 bits per heavy atom. The number of carboxylic acids is 1. The van der Waals surface area contributed by atoms with E-state index in [1.807, 2.05) is 26.8 Å². The van der Waals surface area contributed by atoms with Crippen molar-refractivity contribution in [1.82, 2.24) is 15.2 Å². The van der Waals surface area contributed by atoms with Gasteiger partial charge in [0.25, 0.3) is 5.91 Å². The first-order chi connectivity index (χ1) is 16.6. The van der Waals surface area contributed by atoms with E-state index in [0.29, 0.717) is 24.6 Å². The van der Waals surface area contributed by atoms with Crippen molar-refractivity contribution in [3.63, 3.8) is 0 Å². The first-order valence-electron chi connectivity index (χ1n) is 13.3. The van der Waals surface area contributed by atoms with Crippen molar-refractivity contribution in [2.24, 2.45) is 17.8 Å². The van der Waals surface area contributed by atoms with Crippen LogP contribution in [0.1, 0.15) is 107 Å². The maximum Gasteiger partial charge on any atom is 0.408 e. The van der Waals surface area contributed by atoms with Gasteiger partial charge in [-0.1, -0.05) is 44.9 Å². The number of H-pyrrole nitrogens is 1. The number of aliphatic carboxylic acids is 1. The number of carbonyl (C=O) groups is 3. The van der Waals surface area contributed by atoms with E-state index in [1.54, 1.807) is 11.0 Å². The van der Waals surface area contributed by atoms with Gasteiger partial charge in [-0.2, -0.15) is 0 Å². The minimum Gasteiger partial charge on any atom is -0.480 e. The second-order valence-electron chi connectivity index (χ2n) is 11.7. The average Bonchev–Trinajstić information content (AvgIpc) is 3.57. The fourth-order valence-electron chi connectivity index (χ4n) is 6.32. The predicted molar refractivity (Wildman–Crippen MR) is 132 cm³/mol. The lowest BCUT2D eigenvalue weighted by molar-refractivity contribution is -0.141. The van der Waals surface area contributed by atoms with Crippen LogP contribution < -0.4 is 5.32 Å². The maximum atomic E-state index is 13.5. The molecule has 0 radical (unpaired) electrons. The van der Waals surface area contributed by atoms with Gasteiger partial charge in [0, 0.05) is 12.2 Å². The van der Waals surface area contributed by atoms with Crippen LogP contribution in [0.5, 0.6) is 0 Å². The summed E-state index contributed by atoms with van der Waals surface area (Å²) < 4.78 is 5.49. The molecule has 35 heavy (non-hydrogen) atoms. The van der Waals surface area contributed by atoms with E-state index >= 15 is 0 Å². The van der Waals surface area contributed by atoms with E-state index in [1.165, 1.54) is 19.3 Å². The number of likely N-dealkylation sites (tertiary alicyclic amines) is 1. The fourth-order valence-corrected chi connectivity index (χ4v) is 6.32. The van der Waals surface area contributed by atoms with Gasteiger partial charge in [-0.15, -0.1) is 0 Å². The second kappa shape index (κ2) is 10.6. The number of nitrogens with zero attached hydrogens (tertiary/aromatic N) is 1. The quantitative estimate of drug-likeness (QED) is 0.506. The number of hydrogen-bond donors (Lipinski definition) is 3.